The Morgan fingerprint density at radius 3 is 2.63 bits per heavy atom. The highest BCUT2D eigenvalue weighted by Crippen LogP contribution is 2.32. The fourth-order valence-electron chi connectivity index (χ4n) is 1.91. The summed E-state index contributed by atoms with van der Waals surface area (Å²) in [4.78, 5) is 3.76. The molecule has 1 aliphatic heterocycles. The van der Waals surface area contributed by atoms with E-state index in [1.165, 1.54) is 0 Å². The molecule has 0 radical (unpaired) electrons. The van der Waals surface area contributed by atoms with Crippen molar-refractivity contribution >= 4 is 29.2 Å². The van der Waals surface area contributed by atoms with Crippen LogP contribution in [-0.4, -0.2) is 23.0 Å². The molecule has 1 aromatic heterocycles. The number of pyridine rings is 1. The summed E-state index contributed by atoms with van der Waals surface area (Å²) in [6.07, 6.45) is -1.35. The highest BCUT2D eigenvalue weighted by molar-refractivity contribution is 7.99. The molecule has 2 heterocycles. The second-order valence-corrected chi connectivity index (χ2v) is 6.12. The van der Waals surface area contributed by atoms with Crippen molar-refractivity contribution < 1.29 is 13.2 Å². The van der Waals surface area contributed by atoms with E-state index in [4.69, 9.17) is 11.6 Å². The van der Waals surface area contributed by atoms with Crippen LogP contribution in [0, 0.1) is 5.92 Å². The predicted octanol–water partition coefficient (Wildman–Crippen LogP) is 4.31. The number of halogens is 4. The maximum Gasteiger partial charge on any atom is 0.417 e. The molecule has 2 nitrogen and oxygen atoms in total. The number of hydrogen-bond acceptors (Lipinski definition) is 3. The Balaban J connectivity index is 1.97. The SMILES string of the molecule is FC(F)(F)c1cnc(NCC2CCSCC2)c(Cl)c1. The first-order valence-electron chi connectivity index (χ1n) is 6.01. The van der Waals surface area contributed by atoms with Crippen LogP contribution in [0.1, 0.15) is 18.4 Å². The monoisotopic (exact) mass is 310 g/mol. The number of aromatic nitrogens is 1. The summed E-state index contributed by atoms with van der Waals surface area (Å²) in [5.74, 6) is 3.15. The minimum absolute atomic E-state index is 0.0139. The summed E-state index contributed by atoms with van der Waals surface area (Å²) in [5.41, 5.74) is -0.822. The van der Waals surface area contributed by atoms with Crippen LogP contribution >= 0.6 is 23.4 Å². The van der Waals surface area contributed by atoms with Crippen molar-refractivity contribution in [2.24, 2.45) is 5.92 Å². The van der Waals surface area contributed by atoms with E-state index in [1.54, 1.807) is 0 Å². The minimum atomic E-state index is -4.41. The zero-order chi connectivity index (χ0) is 13.9. The quantitative estimate of drug-likeness (QED) is 0.900. The van der Waals surface area contributed by atoms with Crippen molar-refractivity contribution in [2.75, 3.05) is 23.4 Å². The van der Waals surface area contributed by atoms with Gasteiger partial charge in [0.2, 0.25) is 0 Å². The predicted molar refractivity (Wildman–Crippen MR) is 72.8 cm³/mol. The first-order valence-corrected chi connectivity index (χ1v) is 7.54. The van der Waals surface area contributed by atoms with E-state index < -0.39 is 11.7 Å². The standard InChI is InChI=1S/C12H14ClF3N2S/c13-10-5-9(12(14,15)16)7-18-11(10)17-6-8-1-3-19-4-2-8/h5,7-8H,1-4,6H2,(H,17,18). The number of hydrogen-bond donors (Lipinski definition) is 1. The lowest BCUT2D eigenvalue weighted by atomic mass is 10.0. The highest BCUT2D eigenvalue weighted by Gasteiger charge is 2.31. The number of nitrogens with one attached hydrogen (secondary N) is 1. The van der Waals surface area contributed by atoms with Gasteiger partial charge in [-0.1, -0.05) is 11.6 Å². The minimum Gasteiger partial charge on any atom is -0.369 e. The third-order valence-corrected chi connectivity index (χ3v) is 4.40. The number of anilines is 1. The largest absolute Gasteiger partial charge is 0.417 e. The van der Waals surface area contributed by atoms with Gasteiger partial charge >= 0.3 is 6.18 Å². The van der Waals surface area contributed by atoms with Crippen molar-refractivity contribution in [2.45, 2.75) is 19.0 Å². The Hall–Kier alpha value is -0.620. The molecule has 1 fully saturated rings. The van der Waals surface area contributed by atoms with Gasteiger partial charge in [-0.3, -0.25) is 0 Å². The Morgan fingerprint density at radius 1 is 1.37 bits per heavy atom. The molecule has 0 bridgehead atoms. The fourth-order valence-corrected chi connectivity index (χ4v) is 3.35. The molecule has 0 saturated carbocycles. The molecule has 2 rings (SSSR count). The van der Waals surface area contributed by atoms with Gasteiger partial charge in [0, 0.05) is 12.7 Å². The van der Waals surface area contributed by atoms with Gasteiger partial charge in [-0.05, 0) is 36.3 Å². The average Bonchev–Trinajstić information content (AvgIpc) is 2.37. The van der Waals surface area contributed by atoms with Gasteiger partial charge in [-0.25, -0.2) is 4.98 Å². The van der Waals surface area contributed by atoms with Crippen molar-refractivity contribution in [1.29, 1.82) is 0 Å². The molecule has 1 aromatic rings. The summed E-state index contributed by atoms with van der Waals surface area (Å²) in [6.45, 7) is 0.707. The lowest BCUT2D eigenvalue weighted by Gasteiger charge is -2.22. The van der Waals surface area contributed by atoms with E-state index in [0.29, 0.717) is 18.3 Å². The highest BCUT2D eigenvalue weighted by atomic mass is 35.5. The summed E-state index contributed by atoms with van der Waals surface area (Å²) >= 11 is 7.76. The van der Waals surface area contributed by atoms with Gasteiger partial charge < -0.3 is 5.32 Å². The lowest BCUT2D eigenvalue weighted by molar-refractivity contribution is -0.137. The first-order chi connectivity index (χ1) is 8.97. The van der Waals surface area contributed by atoms with Gasteiger partial charge in [0.1, 0.15) is 5.82 Å². The summed E-state index contributed by atoms with van der Waals surface area (Å²) < 4.78 is 37.4. The van der Waals surface area contributed by atoms with Crippen LogP contribution < -0.4 is 5.32 Å². The topological polar surface area (TPSA) is 24.9 Å². The summed E-state index contributed by atoms with van der Waals surface area (Å²) in [5, 5.41) is 3.06. The normalized spacial score (nSPS) is 17.5. The second-order valence-electron chi connectivity index (χ2n) is 4.49. The van der Waals surface area contributed by atoms with Crippen LogP contribution in [0.4, 0.5) is 19.0 Å². The van der Waals surface area contributed by atoms with Crippen LogP contribution in [0.2, 0.25) is 5.02 Å². The summed E-state index contributed by atoms with van der Waals surface area (Å²) in [6, 6.07) is 0.910. The van der Waals surface area contributed by atoms with E-state index in [-0.39, 0.29) is 5.02 Å². The molecule has 1 N–H and O–H groups in total. The smallest absolute Gasteiger partial charge is 0.369 e. The Kier molecular flexibility index (Phi) is 4.84. The number of alkyl halides is 3. The van der Waals surface area contributed by atoms with Crippen molar-refractivity contribution in [1.82, 2.24) is 4.98 Å². The number of rotatable bonds is 3. The van der Waals surface area contributed by atoms with Crippen LogP contribution in [0.15, 0.2) is 12.3 Å². The average molecular weight is 311 g/mol. The van der Waals surface area contributed by atoms with E-state index in [9.17, 15) is 13.2 Å². The van der Waals surface area contributed by atoms with Gasteiger partial charge in [0.05, 0.1) is 10.6 Å². The van der Waals surface area contributed by atoms with E-state index in [2.05, 4.69) is 10.3 Å². The van der Waals surface area contributed by atoms with Gasteiger partial charge in [0.15, 0.2) is 0 Å². The third-order valence-electron chi connectivity index (χ3n) is 3.07. The van der Waals surface area contributed by atoms with Crippen molar-refractivity contribution in [3.63, 3.8) is 0 Å². The molecule has 0 aromatic carbocycles. The molecular formula is C12H14ClF3N2S. The first kappa shape index (κ1) is 14.8. The lowest BCUT2D eigenvalue weighted by Crippen LogP contribution is -2.20. The second kappa shape index (κ2) is 6.22. The maximum atomic E-state index is 12.5. The number of nitrogens with zero attached hydrogens (tertiary/aromatic N) is 1. The zero-order valence-corrected chi connectivity index (χ0v) is 11.7. The maximum absolute atomic E-state index is 12.5. The Labute approximate surface area is 119 Å². The molecule has 7 heteroatoms. The van der Waals surface area contributed by atoms with Gasteiger partial charge in [0.25, 0.3) is 0 Å². The van der Waals surface area contributed by atoms with Crippen LogP contribution in [0.3, 0.4) is 0 Å². The molecule has 0 atom stereocenters. The molecule has 0 spiro atoms. The molecule has 0 aliphatic carbocycles. The molecular weight excluding hydrogens is 297 g/mol. The fraction of sp³-hybridized carbons (Fsp3) is 0.583. The summed E-state index contributed by atoms with van der Waals surface area (Å²) in [7, 11) is 0. The number of thioether (sulfide) groups is 1. The molecule has 0 unspecified atom stereocenters. The molecule has 19 heavy (non-hydrogen) atoms. The molecule has 1 saturated heterocycles. The molecule has 1 aliphatic rings. The van der Waals surface area contributed by atoms with E-state index >= 15 is 0 Å². The van der Waals surface area contributed by atoms with Crippen molar-refractivity contribution in [3.8, 4) is 0 Å². The van der Waals surface area contributed by atoms with E-state index in [1.807, 2.05) is 11.8 Å². The van der Waals surface area contributed by atoms with E-state index in [0.717, 1.165) is 36.6 Å². The zero-order valence-electron chi connectivity index (χ0n) is 10.1. The Morgan fingerprint density at radius 2 is 2.05 bits per heavy atom. The van der Waals surface area contributed by atoms with Crippen LogP contribution in [0.25, 0.3) is 0 Å². The molecule has 0 amide bonds. The van der Waals surface area contributed by atoms with Crippen LogP contribution in [-0.2, 0) is 6.18 Å². The van der Waals surface area contributed by atoms with Crippen LogP contribution in [0.5, 0.6) is 0 Å². The molecule has 106 valence electrons. The van der Waals surface area contributed by atoms with Crippen molar-refractivity contribution in [3.05, 3.63) is 22.8 Å². The Bertz CT molecular complexity index is 433. The van der Waals surface area contributed by atoms with Gasteiger partial charge in [-0.2, -0.15) is 24.9 Å². The van der Waals surface area contributed by atoms with Gasteiger partial charge in [-0.15, -0.1) is 0 Å². The third kappa shape index (κ3) is 4.18.